The lowest BCUT2D eigenvalue weighted by Gasteiger charge is -2.04. The molecule has 0 saturated heterocycles. The smallest absolute Gasteiger partial charge is 0.0568 e. The molecule has 2 nitrogen and oxygen atoms in total. The first-order valence-corrected chi connectivity index (χ1v) is 5.41. The molecule has 0 bridgehead atoms. The Morgan fingerprint density at radius 3 is 2.44 bits per heavy atom. The van der Waals surface area contributed by atoms with Gasteiger partial charge in [-0.1, -0.05) is 12.1 Å². The largest absolute Gasteiger partial charge is 0.323 e. The number of thiophene rings is 1. The van der Waals surface area contributed by atoms with Crippen molar-refractivity contribution in [2.75, 3.05) is 0 Å². The Morgan fingerprint density at radius 2 is 2.00 bits per heavy atom. The van der Waals surface area contributed by atoms with Crippen molar-refractivity contribution in [2.45, 2.75) is 13.0 Å². The number of hydrogen-bond donors (Lipinski definition) is 1. The summed E-state index contributed by atoms with van der Waals surface area (Å²) < 4.78 is 0. The fraction of sp³-hybridized carbons (Fsp3) is 0.182. The second kappa shape index (κ2) is 6.86. The molecule has 1 unspecified atom stereocenters. The summed E-state index contributed by atoms with van der Waals surface area (Å²) in [6.45, 7) is 1.94. The fourth-order valence-electron chi connectivity index (χ4n) is 1.26. The minimum Gasteiger partial charge on any atom is -0.323 e. The molecule has 16 heavy (non-hydrogen) atoms. The maximum absolute atomic E-state index is 5.72. The standard InChI is InChI=1S/C11H12N2S.2ClH/c1-8(12)10-5-4-9(7-13-10)11-3-2-6-14-11;;/h2-8H,12H2,1H3;2*1H. The highest BCUT2D eigenvalue weighted by molar-refractivity contribution is 7.13. The van der Waals surface area contributed by atoms with Gasteiger partial charge in [0.05, 0.1) is 5.69 Å². The van der Waals surface area contributed by atoms with Gasteiger partial charge in [0, 0.05) is 22.7 Å². The lowest BCUT2D eigenvalue weighted by Crippen LogP contribution is -2.06. The van der Waals surface area contributed by atoms with Crippen molar-refractivity contribution >= 4 is 36.2 Å². The molecule has 0 fully saturated rings. The van der Waals surface area contributed by atoms with Gasteiger partial charge >= 0.3 is 0 Å². The van der Waals surface area contributed by atoms with E-state index in [1.54, 1.807) is 11.3 Å². The van der Waals surface area contributed by atoms with Crippen LogP contribution in [0.1, 0.15) is 18.7 Å². The van der Waals surface area contributed by atoms with Crippen molar-refractivity contribution < 1.29 is 0 Å². The second-order valence-corrected chi connectivity index (χ2v) is 4.19. The van der Waals surface area contributed by atoms with E-state index in [2.05, 4.69) is 22.5 Å². The van der Waals surface area contributed by atoms with Crippen LogP contribution in [0.25, 0.3) is 10.4 Å². The third-order valence-electron chi connectivity index (χ3n) is 2.06. The van der Waals surface area contributed by atoms with E-state index in [1.807, 2.05) is 25.3 Å². The Kier molecular flexibility index (Phi) is 6.60. The molecule has 0 radical (unpaired) electrons. The summed E-state index contributed by atoms with van der Waals surface area (Å²) in [5, 5.41) is 2.06. The topological polar surface area (TPSA) is 38.9 Å². The summed E-state index contributed by atoms with van der Waals surface area (Å²) in [6, 6.07) is 8.19. The van der Waals surface area contributed by atoms with Gasteiger partial charge < -0.3 is 5.73 Å². The monoisotopic (exact) mass is 276 g/mol. The average Bonchev–Trinajstić information content (AvgIpc) is 2.71. The first-order valence-electron chi connectivity index (χ1n) is 4.53. The number of hydrogen-bond acceptors (Lipinski definition) is 3. The SMILES string of the molecule is CC(N)c1ccc(-c2cccs2)cn1.Cl.Cl. The molecule has 0 amide bonds. The number of halogens is 2. The Bertz CT molecular complexity index is 398. The molecule has 5 heteroatoms. The van der Waals surface area contributed by atoms with Crippen molar-refractivity contribution in [1.29, 1.82) is 0 Å². The molecule has 2 aromatic heterocycles. The van der Waals surface area contributed by atoms with E-state index in [4.69, 9.17) is 5.73 Å². The zero-order valence-electron chi connectivity index (χ0n) is 8.79. The van der Waals surface area contributed by atoms with Crippen molar-refractivity contribution in [2.24, 2.45) is 5.73 Å². The van der Waals surface area contributed by atoms with E-state index >= 15 is 0 Å². The predicted octanol–water partition coefficient (Wildman–Crippen LogP) is 3.67. The van der Waals surface area contributed by atoms with E-state index in [0.29, 0.717) is 0 Å². The Morgan fingerprint density at radius 1 is 1.25 bits per heavy atom. The molecule has 2 aromatic rings. The Labute approximate surface area is 112 Å². The number of nitrogens with zero attached hydrogens (tertiary/aromatic N) is 1. The van der Waals surface area contributed by atoms with Crippen LogP contribution >= 0.6 is 36.2 Å². The van der Waals surface area contributed by atoms with Crippen molar-refractivity contribution in [3.05, 3.63) is 41.5 Å². The van der Waals surface area contributed by atoms with Gasteiger partial charge in [0.15, 0.2) is 0 Å². The van der Waals surface area contributed by atoms with Crippen LogP contribution in [0.2, 0.25) is 0 Å². The highest BCUT2D eigenvalue weighted by Crippen LogP contribution is 2.24. The second-order valence-electron chi connectivity index (χ2n) is 3.24. The van der Waals surface area contributed by atoms with E-state index in [-0.39, 0.29) is 30.9 Å². The van der Waals surface area contributed by atoms with Crippen LogP contribution in [0.5, 0.6) is 0 Å². The highest BCUT2D eigenvalue weighted by atomic mass is 35.5. The summed E-state index contributed by atoms with van der Waals surface area (Å²) >= 11 is 1.72. The van der Waals surface area contributed by atoms with Crippen molar-refractivity contribution in [3.8, 4) is 10.4 Å². The minimum atomic E-state index is 0. The Balaban J connectivity index is 0.00000112. The Hall–Kier alpha value is -0.610. The summed E-state index contributed by atoms with van der Waals surface area (Å²) in [5.41, 5.74) is 7.81. The van der Waals surface area contributed by atoms with Crippen LogP contribution in [-0.4, -0.2) is 4.98 Å². The molecule has 0 saturated carbocycles. The minimum absolute atomic E-state index is 0. The summed E-state index contributed by atoms with van der Waals surface area (Å²) in [4.78, 5) is 5.56. The molecule has 2 N–H and O–H groups in total. The highest BCUT2D eigenvalue weighted by Gasteiger charge is 2.02. The van der Waals surface area contributed by atoms with Crippen LogP contribution in [0.15, 0.2) is 35.8 Å². The van der Waals surface area contributed by atoms with E-state index in [1.165, 1.54) is 4.88 Å². The molecule has 0 aliphatic heterocycles. The van der Waals surface area contributed by atoms with Crippen LogP contribution in [0.3, 0.4) is 0 Å². The third kappa shape index (κ3) is 3.46. The molecule has 2 rings (SSSR count). The molecule has 88 valence electrons. The van der Waals surface area contributed by atoms with Gasteiger partial charge in [0.2, 0.25) is 0 Å². The van der Waals surface area contributed by atoms with Crippen LogP contribution in [0.4, 0.5) is 0 Å². The van der Waals surface area contributed by atoms with Gasteiger partial charge in [0.25, 0.3) is 0 Å². The molecule has 0 aromatic carbocycles. The maximum atomic E-state index is 5.72. The molecule has 0 spiro atoms. The van der Waals surface area contributed by atoms with E-state index in [9.17, 15) is 0 Å². The predicted molar refractivity (Wildman–Crippen MR) is 74.6 cm³/mol. The molecule has 1 atom stereocenters. The average molecular weight is 277 g/mol. The molecule has 0 aliphatic carbocycles. The summed E-state index contributed by atoms with van der Waals surface area (Å²) in [5.74, 6) is 0. The first kappa shape index (κ1) is 15.4. The van der Waals surface area contributed by atoms with Gasteiger partial charge in [-0.15, -0.1) is 36.2 Å². The molecule has 0 aliphatic rings. The van der Waals surface area contributed by atoms with Gasteiger partial charge in [-0.2, -0.15) is 0 Å². The number of rotatable bonds is 2. The quantitative estimate of drug-likeness (QED) is 0.909. The normalized spacial score (nSPS) is 11.1. The van der Waals surface area contributed by atoms with Crippen LogP contribution < -0.4 is 5.73 Å². The maximum Gasteiger partial charge on any atom is 0.0568 e. The summed E-state index contributed by atoms with van der Waals surface area (Å²) in [7, 11) is 0. The molecular formula is C11H14Cl2N2S. The number of nitrogens with two attached hydrogens (primary N) is 1. The van der Waals surface area contributed by atoms with Crippen LogP contribution in [-0.2, 0) is 0 Å². The third-order valence-corrected chi connectivity index (χ3v) is 2.98. The fourth-order valence-corrected chi connectivity index (χ4v) is 1.98. The van der Waals surface area contributed by atoms with Gasteiger partial charge in [-0.05, 0) is 24.4 Å². The van der Waals surface area contributed by atoms with Crippen LogP contribution in [0, 0.1) is 0 Å². The van der Waals surface area contributed by atoms with Gasteiger partial charge in [0.1, 0.15) is 0 Å². The lowest BCUT2D eigenvalue weighted by atomic mass is 10.2. The summed E-state index contributed by atoms with van der Waals surface area (Å²) in [6.07, 6.45) is 1.88. The lowest BCUT2D eigenvalue weighted by molar-refractivity contribution is 0.781. The zero-order valence-corrected chi connectivity index (χ0v) is 11.2. The van der Waals surface area contributed by atoms with E-state index < -0.39 is 0 Å². The van der Waals surface area contributed by atoms with Crippen molar-refractivity contribution in [1.82, 2.24) is 4.98 Å². The van der Waals surface area contributed by atoms with Crippen molar-refractivity contribution in [3.63, 3.8) is 0 Å². The van der Waals surface area contributed by atoms with Gasteiger partial charge in [-0.25, -0.2) is 0 Å². The number of pyridine rings is 1. The van der Waals surface area contributed by atoms with Gasteiger partial charge in [-0.3, -0.25) is 4.98 Å². The molecular weight excluding hydrogens is 263 g/mol. The van der Waals surface area contributed by atoms with E-state index in [0.717, 1.165) is 11.3 Å². The molecule has 2 heterocycles. The zero-order chi connectivity index (χ0) is 9.97. The first-order chi connectivity index (χ1) is 6.77. The number of aromatic nitrogens is 1.